The summed E-state index contributed by atoms with van der Waals surface area (Å²) in [6.07, 6.45) is 2.17. The molecule has 0 spiro atoms. The van der Waals surface area contributed by atoms with E-state index < -0.39 is 0 Å². The smallest absolute Gasteiger partial charge is 0.240 e. The standard InChI is InChI=1S/C15H19N3O2/c1-16-10-14-17-15(18-20-14)13-4-2-3-12(9-13)11-5-7-19-8-6-11/h2-4,9,11,16H,5-8,10H2,1H3. The first-order valence-corrected chi connectivity index (χ1v) is 7.02. The van der Waals surface area contributed by atoms with E-state index in [0.717, 1.165) is 31.6 Å². The van der Waals surface area contributed by atoms with Crippen molar-refractivity contribution in [3.63, 3.8) is 0 Å². The Morgan fingerprint density at radius 1 is 1.30 bits per heavy atom. The Morgan fingerprint density at radius 2 is 2.15 bits per heavy atom. The van der Waals surface area contributed by atoms with E-state index in [1.54, 1.807) is 0 Å². The third kappa shape index (κ3) is 2.89. The highest BCUT2D eigenvalue weighted by Crippen LogP contribution is 2.29. The van der Waals surface area contributed by atoms with E-state index in [4.69, 9.17) is 9.26 Å². The summed E-state index contributed by atoms with van der Waals surface area (Å²) in [5.41, 5.74) is 2.35. The van der Waals surface area contributed by atoms with Crippen LogP contribution in [0.25, 0.3) is 11.4 Å². The SMILES string of the molecule is CNCc1nc(-c2cccc(C3CCOCC3)c2)no1. The molecular formula is C15H19N3O2. The zero-order valence-electron chi connectivity index (χ0n) is 11.6. The van der Waals surface area contributed by atoms with Crippen LogP contribution in [0.2, 0.25) is 0 Å². The highest BCUT2D eigenvalue weighted by molar-refractivity contribution is 5.55. The molecule has 1 aromatic carbocycles. The van der Waals surface area contributed by atoms with Crippen molar-refractivity contribution in [2.75, 3.05) is 20.3 Å². The van der Waals surface area contributed by atoms with Crippen molar-refractivity contribution in [3.8, 4) is 11.4 Å². The summed E-state index contributed by atoms with van der Waals surface area (Å²) in [6, 6.07) is 8.43. The quantitative estimate of drug-likeness (QED) is 0.926. The Balaban J connectivity index is 1.82. The molecular weight excluding hydrogens is 254 g/mol. The molecule has 106 valence electrons. The average molecular weight is 273 g/mol. The number of hydrogen-bond donors (Lipinski definition) is 1. The van der Waals surface area contributed by atoms with E-state index >= 15 is 0 Å². The second-order valence-corrected chi connectivity index (χ2v) is 5.05. The lowest BCUT2D eigenvalue weighted by Gasteiger charge is -2.22. The number of hydrogen-bond acceptors (Lipinski definition) is 5. The van der Waals surface area contributed by atoms with E-state index in [0.29, 0.717) is 24.2 Å². The van der Waals surface area contributed by atoms with Crippen LogP contribution in [0.4, 0.5) is 0 Å². The molecule has 1 aliphatic rings. The van der Waals surface area contributed by atoms with Gasteiger partial charge in [-0.1, -0.05) is 23.4 Å². The third-order valence-electron chi connectivity index (χ3n) is 3.63. The maximum atomic E-state index is 5.42. The van der Waals surface area contributed by atoms with Gasteiger partial charge in [-0.25, -0.2) is 0 Å². The minimum absolute atomic E-state index is 0.576. The van der Waals surface area contributed by atoms with E-state index in [2.05, 4.69) is 33.7 Å². The maximum Gasteiger partial charge on any atom is 0.240 e. The van der Waals surface area contributed by atoms with Crippen molar-refractivity contribution in [2.45, 2.75) is 25.3 Å². The Hall–Kier alpha value is -1.72. The molecule has 2 aromatic rings. The topological polar surface area (TPSA) is 60.2 Å². The van der Waals surface area contributed by atoms with Gasteiger partial charge in [0.1, 0.15) is 0 Å². The molecule has 0 radical (unpaired) electrons. The van der Waals surface area contributed by atoms with Crippen LogP contribution in [0.1, 0.15) is 30.2 Å². The van der Waals surface area contributed by atoms with Crippen LogP contribution in [0.15, 0.2) is 28.8 Å². The predicted molar refractivity (Wildman–Crippen MR) is 75.3 cm³/mol. The van der Waals surface area contributed by atoms with Crippen molar-refractivity contribution in [1.82, 2.24) is 15.5 Å². The van der Waals surface area contributed by atoms with Crippen LogP contribution in [0.3, 0.4) is 0 Å². The molecule has 1 fully saturated rings. The van der Waals surface area contributed by atoms with Gasteiger partial charge in [0, 0.05) is 18.8 Å². The molecule has 1 saturated heterocycles. The molecule has 1 aromatic heterocycles. The van der Waals surface area contributed by atoms with Gasteiger partial charge in [0.05, 0.1) is 6.54 Å². The van der Waals surface area contributed by atoms with Gasteiger partial charge in [-0.2, -0.15) is 4.98 Å². The van der Waals surface area contributed by atoms with E-state index in [9.17, 15) is 0 Å². The number of nitrogens with one attached hydrogen (secondary N) is 1. The van der Waals surface area contributed by atoms with Gasteiger partial charge in [0.25, 0.3) is 0 Å². The van der Waals surface area contributed by atoms with Gasteiger partial charge >= 0.3 is 0 Å². The van der Waals surface area contributed by atoms with Gasteiger partial charge < -0.3 is 14.6 Å². The second kappa shape index (κ2) is 6.15. The van der Waals surface area contributed by atoms with Crippen LogP contribution < -0.4 is 5.32 Å². The van der Waals surface area contributed by atoms with Crippen molar-refractivity contribution >= 4 is 0 Å². The fraction of sp³-hybridized carbons (Fsp3) is 0.467. The summed E-state index contributed by atoms with van der Waals surface area (Å²) in [5.74, 6) is 1.84. The second-order valence-electron chi connectivity index (χ2n) is 5.05. The molecule has 5 heteroatoms. The summed E-state index contributed by atoms with van der Waals surface area (Å²) in [5, 5.41) is 7.04. The van der Waals surface area contributed by atoms with Gasteiger partial charge in [-0.05, 0) is 37.4 Å². The molecule has 0 aliphatic carbocycles. The summed E-state index contributed by atoms with van der Waals surface area (Å²) in [7, 11) is 1.86. The number of aromatic nitrogens is 2. The summed E-state index contributed by atoms with van der Waals surface area (Å²) in [6.45, 7) is 2.29. The summed E-state index contributed by atoms with van der Waals surface area (Å²) in [4.78, 5) is 4.39. The molecule has 2 heterocycles. The first-order valence-electron chi connectivity index (χ1n) is 7.02. The van der Waals surface area contributed by atoms with E-state index in [-0.39, 0.29) is 0 Å². The molecule has 0 amide bonds. The summed E-state index contributed by atoms with van der Waals surface area (Å²) < 4.78 is 10.6. The van der Waals surface area contributed by atoms with Crippen molar-refractivity contribution < 1.29 is 9.26 Å². The number of nitrogens with zero attached hydrogens (tertiary/aromatic N) is 2. The molecule has 5 nitrogen and oxygen atoms in total. The van der Waals surface area contributed by atoms with Crippen LogP contribution in [0, 0.1) is 0 Å². The lowest BCUT2D eigenvalue weighted by Crippen LogP contribution is -2.14. The normalized spacial score (nSPS) is 16.4. The van der Waals surface area contributed by atoms with Gasteiger partial charge in [0.15, 0.2) is 0 Å². The third-order valence-corrected chi connectivity index (χ3v) is 3.63. The molecule has 0 bridgehead atoms. The van der Waals surface area contributed by atoms with Crippen molar-refractivity contribution in [1.29, 1.82) is 0 Å². The van der Waals surface area contributed by atoms with Crippen LogP contribution in [-0.2, 0) is 11.3 Å². The molecule has 0 atom stereocenters. The van der Waals surface area contributed by atoms with Crippen molar-refractivity contribution in [2.24, 2.45) is 0 Å². The number of benzene rings is 1. The Kier molecular flexibility index (Phi) is 4.08. The van der Waals surface area contributed by atoms with E-state index in [1.165, 1.54) is 5.56 Å². The zero-order chi connectivity index (χ0) is 13.8. The first-order chi connectivity index (χ1) is 9.86. The Bertz CT molecular complexity index is 562. The van der Waals surface area contributed by atoms with Gasteiger partial charge in [-0.3, -0.25) is 0 Å². The van der Waals surface area contributed by atoms with Crippen LogP contribution in [-0.4, -0.2) is 30.4 Å². The Labute approximate surface area is 118 Å². The zero-order valence-corrected chi connectivity index (χ0v) is 11.6. The van der Waals surface area contributed by atoms with E-state index in [1.807, 2.05) is 13.1 Å². The fourth-order valence-corrected chi connectivity index (χ4v) is 2.56. The number of rotatable bonds is 4. The first kappa shape index (κ1) is 13.3. The lowest BCUT2D eigenvalue weighted by atomic mass is 9.91. The maximum absolute atomic E-state index is 5.42. The lowest BCUT2D eigenvalue weighted by molar-refractivity contribution is 0.0853. The minimum Gasteiger partial charge on any atom is -0.381 e. The minimum atomic E-state index is 0.576. The van der Waals surface area contributed by atoms with Gasteiger partial charge in [0.2, 0.25) is 11.7 Å². The highest BCUT2D eigenvalue weighted by atomic mass is 16.5. The Morgan fingerprint density at radius 3 is 2.95 bits per heavy atom. The van der Waals surface area contributed by atoms with Crippen LogP contribution >= 0.6 is 0 Å². The number of ether oxygens (including phenoxy) is 1. The van der Waals surface area contributed by atoms with Crippen LogP contribution in [0.5, 0.6) is 0 Å². The molecule has 3 rings (SSSR count). The molecule has 1 aliphatic heterocycles. The largest absolute Gasteiger partial charge is 0.381 e. The molecule has 0 unspecified atom stereocenters. The fourth-order valence-electron chi connectivity index (χ4n) is 2.56. The molecule has 0 saturated carbocycles. The van der Waals surface area contributed by atoms with Gasteiger partial charge in [-0.15, -0.1) is 0 Å². The molecule has 1 N–H and O–H groups in total. The monoisotopic (exact) mass is 273 g/mol. The molecule has 20 heavy (non-hydrogen) atoms. The average Bonchev–Trinajstić information content (AvgIpc) is 2.97. The highest BCUT2D eigenvalue weighted by Gasteiger charge is 2.17. The van der Waals surface area contributed by atoms with Crippen molar-refractivity contribution in [3.05, 3.63) is 35.7 Å². The summed E-state index contributed by atoms with van der Waals surface area (Å²) >= 11 is 0. The predicted octanol–water partition coefficient (Wildman–Crippen LogP) is 2.35.